The van der Waals surface area contributed by atoms with Crippen molar-refractivity contribution in [2.24, 2.45) is 10.9 Å². The molecule has 0 amide bonds. The molecular formula is C9H19N3O2S2. The van der Waals surface area contributed by atoms with Crippen LogP contribution in [0.3, 0.4) is 0 Å². The van der Waals surface area contributed by atoms with Crippen LogP contribution in [0, 0.1) is 5.92 Å². The van der Waals surface area contributed by atoms with Gasteiger partial charge in [0.15, 0.2) is 5.17 Å². The van der Waals surface area contributed by atoms with Crippen molar-refractivity contribution in [1.29, 1.82) is 0 Å². The smallest absolute Gasteiger partial charge is 0.208 e. The molecule has 0 bridgehead atoms. The molecular weight excluding hydrogens is 246 g/mol. The van der Waals surface area contributed by atoms with Crippen molar-refractivity contribution in [2.45, 2.75) is 19.9 Å². The molecule has 94 valence electrons. The van der Waals surface area contributed by atoms with Crippen molar-refractivity contribution in [3.05, 3.63) is 0 Å². The van der Waals surface area contributed by atoms with Gasteiger partial charge in [-0.3, -0.25) is 4.99 Å². The quantitative estimate of drug-likeness (QED) is 0.699. The van der Waals surface area contributed by atoms with Crippen LogP contribution >= 0.6 is 11.8 Å². The number of nitrogens with one attached hydrogen (secondary N) is 2. The van der Waals surface area contributed by atoms with Gasteiger partial charge in [-0.1, -0.05) is 25.6 Å². The molecule has 1 saturated heterocycles. The summed E-state index contributed by atoms with van der Waals surface area (Å²) in [4.78, 5) is 4.30. The zero-order valence-corrected chi connectivity index (χ0v) is 11.5. The van der Waals surface area contributed by atoms with Gasteiger partial charge < -0.3 is 5.32 Å². The lowest BCUT2D eigenvalue weighted by Crippen LogP contribution is -2.32. The topological polar surface area (TPSA) is 70.6 Å². The molecule has 0 saturated carbocycles. The molecule has 1 atom stereocenters. The molecule has 1 aliphatic rings. The van der Waals surface area contributed by atoms with E-state index in [1.54, 1.807) is 11.8 Å². The van der Waals surface area contributed by atoms with Crippen LogP contribution in [0.15, 0.2) is 4.99 Å². The highest BCUT2D eigenvalue weighted by Gasteiger charge is 2.22. The number of aliphatic imine (C=N–C) groups is 1. The molecule has 0 unspecified atom stereocenters. The van der Waals surface area contributed by atoms with Gasteiger partial charge in [0.2, 0.25) is 10.0 Å². The molecule has 1 rings (SSSR count). The fraction of sp³-hybridized carbons (Fsp3) is 0.889. The number of amidine groups is 1. The van der Waals surface area contributed by atoms with Gasteiger partial charge in [-0.15, -0.1) is 0 Å². The van der Waals surface area contributed by atoms with E-state index in [1.807, 2.05) is 0 Å². The Labute approximate surface area is 102 Å². The summed E-state index contributed by atoms with van der Waals surface area (Å²) in [6.45, 7) is 5.18. The van der Waals surface area contributed by atoms with Crippen molar-refractivity contribution >= 4 is 27.0 Å². The first kappa shape index (κ1) is 13.8. The number of hydrogen-bond donors (Lipinski definition) is 2. The Bertz CT molecular complexity index is 352. The van der Waals surface area contributed by atoms with E-state index in [2.05, 4.69) is 28.9 Å². The van der Waals surface area contributed by atoms with Crippen LogP contribution in [-0.4, -0.2) is 44.7 Å². The molecule has 0 aromatic heterocycles. The summed E-state index contributed by atoms with van der Waals surface area (Å²) in [5.74, 6) is 1.63. The molecule has 1 fully saturated rings. The third-order valence-electron chi connectivity index (χ3n) is 2.24. The molecule has 16 heavy (non-hydrogen) atoms. The highest BCUT2D eigenvalue weighted by atomic mass is 32.2. The second kappa shape index (κ2) is 5.88. The second-order valence-electron chi connectivity index (χ2n) is 4.16. The summed E-state index contributed by atoms with van der Waals surface area (Å²) < 4.78 is 24.0. The molecule has 1 heterocycles. The van der Waals surface area contributed by atoms with Crippen LogP contribution in [0.1, 0.15) is 13.8 Å². The van der Waals surface area contributed by atoms with Crippen LogP contribution in [-0.2, 0) is 10.0 Å². The number of thioether (sulfide) groups is 1. The summed E-state index contributed by atoms with van der Waals surface area (Å²) in [6, 6.07) is 0.478. The maximum Gasteiger partial charge on any atom is 0.208 e. The van der Waals surface area contributed by atoms with E-state index in [4.69, 9.17) is 0 Å². The fourth-order valence-electron chi connectivity index (χ4n) is 1.25. The number of nitrogens with zero attached hydrogens (tertiary/aromatic N) is 1. The molecule has 5 nitrogen and oxygen atoms in total. The zero-order chi connectivity index (χ0) is 12.2. The number of sulfonamides is 1. The summed E-state index contributed by atoms with van der Waals surface area (Å²) in [5.41, 5.74) is 0. The van der Waals surface area contributed by atoms with E-state index in [0.29, 0.717) is 25.0 Å². The predicted octanol–water partition coefficient (Wildman–Crippen LogP) is 0.253. The van der Waals surface area contributed by atoms with E-state index in [-0.39, 0.29) is 0 Å². The molecule has 0 aromatic rings. The summed E-state index contributed by atoms with van der Waals surface area (Å²) >= 11 is 1.70. The first-order valence-corrected chi connectivity index (χ1v) is 8.14. The minimum atomic E-state index is -3.09. The molecule has 0 spiro atoms. The summed E-state index contributed by atoms with van der Waals surface area (Å²) in [6.07, 6.45) is 1.15. The average Bonchev–Trinajstić information content (AvgIpc) is 2.59. The Morgan fingerprint density at radius 3 is 2.81 bits per heavy atom. The van der Waals surface area contributed by atoms with Gasteiger partial charge >= 0.3 is 0 Å². The van der Waals surface area contributed by atoms with Crippen molar-refractivity contribution in [2.75, 3.05) is 25.1 Å². The minimum absolute atomic E-state index is 0.358. The van der Waals surface area contributed by atoms with Crippen molar-refractivity contribution in [3.8, 4) is 0 Å². The normalized spacial score (nSPS) is 24.0. The summed E-state index contributed by atoms with van der Waals surface area (Å²) in [7, 11) is -3.09. The second-order valence-corrected chi connectivity index (χ2v) is 7.00. The van der Waals surface area contributed by atoms with E-state index >= 15 is 0 Å². The van der Waals surface area contributed by atoms with Gasteiger partial charge in [-0.05, 0) is 5.92 Å². The standard InChI is InChI=1S/C9H19N3O2S2/c1-7(2)8-6-15-9(12-8)10-4-5-11-16(3,13)14/h7-8,11H,4-6H2,1-3H3,(H,10,12)/t8-/m1/s1. The first-order chi connectivity index (χ1) is 7.38. The van der Waals surface area contributed by atoms with Crippen molar-refractivity contribution < 1.29 is 8.42 Å². The third kappa shape index (κ3) is 5.18. The van der Waals surface area contributed by atoms with Gasteiger partial charge in [0.25, 0.3) is 0 Å². The van der Waals surface area contributed by atoms with Gasteiger partial charge in [0.1, 0.15) is 0 Å². The molecule has 0 radical (unpaired) electrons. The monoisotopic (exact) mass is 265 g/mol. The van der Waals surface area contributed by atoms with Gasteiger partial charge in [0, 0.05) is 18.3 Å². The highest BCUT2D eigenvalue weighted by molar-refractivity contribution is 8.14. The van der Waals surface area contributed by atoms with Gasteiger partial charge in [0.05, 0.1) is 12.8 Å². The lowest BCUT2D eigenvalue weighted by molar-refractivity contribution is 0.503. The first-order valence-electron chi connectivity index (χ1n) is 5.27. The summed E-state index contributed by atoms with van der Waals surface area (Å²) in [5, 5.41) is 4.25. The minimum Gasteiger partial charge on any atom is -0.361 e. The van der Waals surface area contributed by atoms with Crippen LogP contribution in [0.25, 0.3) is 0 Å². The van der Waals surface area contributed by atoms with E-state index in [0.717, 1.165) is 17.2 Å². The Balaban J connectivity index is 2.27. The van der Waals surface area contributed by atoms with Crippen LogP contribution in [0.4, 0.5) is 0 Å². The predicted molar refractivity (Wildman–Crippen MR) is 69.4 cm³/mol. The Hall–Kier alpha value is -0.270. The van der Waals surface area contributed by atoms with Crippen LogP contribution in [0.2, 0.25) is 0 Å². The third-order valence-corrected chi connectivity index (χ3v) is 4.02. The molecule has 0 aromatic carbocycles. The Morgan fingerprint density at radius 2 is 2.31 bits per heavy atom. The average molecular weight is 265 g/mol. The molecule has 1 aliphatic heterocycles. The Morgan fingerprint density at radius 1 is 1.62 bits per heavy atom. The molecule has 7 heteroatoms. The SMILES string of the molecule is CC(C)[C@H]1CSC(=NCCNS(C)(=O)=O)N1. The van der Waals surface area contributed by atoms with E-state index in [9.17, 15) is 8.42 Å². The van der Waals surface area contributed by atoms with Crippen LogP contribution in [0.5, 0.6) is 0 Å². The zero-order valence-electron chi connectivity index (χ0n) is 9.86. The van der Waals surface area contributed by atoms with Gasteiger partial charge in [-0.2, -0.15) is 0 Å². The molecule has 0 aliphatic carbocycles. The lowest BCUT2D eigenvalue weighted by Gasteiger charge is -2.13. The highest BCUT2D eigenvalue weighted by Crippen LogP contribution is 2.18. The number of hydrogen-bond acceptors (Lipinski definition) is 4. The maximum absolute atomic E-state index is 10.8. The van der Waals surface area contributed by atoms with Crippen molar-refractivity contribution in [1.82, 2.24) is 10.0 Å². The Kier molecular flexibility index (Phi) is 5.07. The van der Waals surface area contributed by atoms with E-state index in [1.165, 1.54) is 0 Å². The maximum atomic E-state index is 10.8. The number of rotatable bonds is 5. The largest absolute Gasteiger partial charge is 0.361 e. The van der Waals surface area contributed by atoms with Crippen molar-refractivity contribution in [3.63, 3.8) is 0 Å². The van der Waals surface area contributed by atoms with E-state index < -0.39 is 10.0 Å². The lowest BCUT2D eigenvalue weighted by atomic mass is 10.1. The van der Waals surface area contributed by atoms with Crippen LogP contribution < -0.4 is 10.0 Å². The molecule has 2 N–H and O–H groups in total. The fourth-order valence-corrected chi connectivity index (χ4v) is 2.93. The van der Waals surface area contributed by atoms with Gasteiger partial charge in [-0.25, -0.2) is 13.1 Å².